The molecular weight excluding hydrogens is 200 g/mol. The van der Waals surface area contributed by atoms with Crippen molar-refractivity contribution in [1.82, 2.24) is 0 Å². The number of benzene rings is 1. The van der Waals surface area contributed by atoms with E-state index in [-0.39, 0.29) is 0 Å². The van der Waals surface area contributed by atoms with E-state index in [0.29, 0.717) is 12.1 Å². The zero-order chi connectivity index (χ0) is 11.5. The third kappa shape index (κ3) is 2.67. The molecule has 3 heteroatoms. The minimum absolute atomic E-state index is 0.345. The highest BCUT2D eigenvalue weighted by Gasteiger charge is 2.19. The molecule has 1 aliphatic rings. The molecule has 0 saturated carbocycles. The predicted molar refractivity (Wildman–Crippen MR) is 67.7 cm³/mol. The topological polar surface area (TPSA) is 47.3 Å². The van der Waals surface area contributed by atoms with Crippen LogP contribution in [-0.4, -0.2) is 18.8 Å². The van der Waals surface area contributed by atoms with Gasteiger partial charge < -0.3 is 15.8 Å². The number of anilines is 2. The molecule has 0 radical (unpaired) electrons. The second-order valence-corrected chi connectivity index (χ2v) is 4.64. The SMILES string of the molecule is Cc1ccc(N)c(NC2CCOC(C)C2)c1. The van der Waals surface area contributed by atoms with E-state index in [4.69, 9.17) is 10.5 Å². The van der Waals surface area contributed by atoms with Crippen molar-refractivity contribution in [3.8, 4) is 0 Å². The van der Waals surface area contributed by atoms with Gasteiger partial charge in [-0.15, -0.1) is 0 Å². The van der Waals surface area contributed by atoms with Crippen molar-refractivity contribution in [1.29, 1.82) is 0 Å². The average Bonchev–Trinajstić information content (AvgIpc) is 2.24. The molecule has 88 valence electrons. The molecule has 2 rings (SSSR count). The van der Waals surface area contributed by atoms with Crippen LogP contribution in [0.2, 0.25) is 0 Å². The van der Waals surface area contributed by atoms with Gasteiger partial charge >= 0.3 is 0 Å². The van der Waals surface area contributed by atoms with Gasteiger partial charge in [0.2, 0.25) is 0 Å². The summed E-state index contributed by atoms with van der Waals surface area (Å²) in [5.74, 6) is 0. The van der Waals surface area contributed by atoms with Crippen molar-refractivity contribution in [3.05, 3.63) is 23.8 Å². The first-order valence-electron chi connectivity index (χ1n) is 5.89. The van der Waals surface area contributed by atoms with Crippen LogP contribution in [0.15, 0.2) is 18.2 Å². The van der Waals surface area contributed by atoms with Crippen molar-refractivity contribution in [2.24, 2.45) is 0 Å². The van der Waals surface area contributed by atoms with E-state index in [9.17, 15) is 0 Å². The Morgan fingerprint density at radius 2 is 2.25 bits per heavy atom. The quantitative estimate of drug-likeness (QED) is 0.753. The molecule has 0 aliphatic carbocycles. The minimum Gasteiger partial charge on any atom is -0.397 e. The highest BCUT2D eigenvalue weighted by molar-refractivity contribution is 5.67. The molecule has 0 amide bonds. The van der Waals surface area contributed by atoms with Gasteiger partial charge in [0.15, 0.2) is 0 Å². The molecule has 3 nitrogen and oxygen atoms in total. The molecule has 3 N–H and O–H groups in total. The van der Waals surface area contributed by atoms with E-state index in [0.717, 1.165) is 30.8 Å². The van der Waals surface area contributed by atoms with Gasteiger partial charge in [-0.25, -0.2) is 0 Å². The van der Waals surface area contributed by atoms with E-state index in [1.54, 1.807) is 0 Å². The summed E-state index contributed by atoms with van der Waals surface area (Å²) >= 11 is 0. The summed E-state index contributed by atoms with van der Waals surface area (Å²) in [6.45, 7) is 5.04. The molecule has 0 spiro atoms. The lowest BCUT2D eigenvalue weighted by Gasteiger charge is -2.29. The van der Waals surface area contributed by atoms with Crippen LogP contribution in [-0.2, 0) is 4.74 Å². The number of hydrogen-bond acceptors (Lipinski definition) is 3. The number of hydrogen-bond donors (Lipinski definition) is 2. The maximum absolute atomic E-state index is 5.95. The lowest BCUT2D eigenvalue weighted by Crippen LogP contribution is -2.32. The maximum atomic E-state index is 5.95. The van der Waals surface area contributed by atoms with Gasteiger partial charge in [-0.3, -0.25) is 0 Å². The second kappa shape index (κ2) is 4.74. The number of nitrogen functional groups attached to an aromatic ring is 1. The van der Waals surface area contributed by atoms with Crippen molar-refractivity contribution in [2.45, 2.75) is 38.8 Å². The Balaban J connectivity index is 2.05. The largest absolute Gasteiger partial charge is 0.397 e. The van der Waals surface area contributed by atoms with Crippen LogP contribution in [0.5, 0.6) is 0 Å². The zero-order valence-electron chi connectivity index (χ0n) is 9.99. The second-order valence-electron chi connectivity index (χ2n) is 4.64. The van der Waals surface area contributed by atoms with Gasteiger partial charge in [-0.2, -0.15) is 0 Å². The Kier molecular flexibility index (Phi) is 3.34. The molecule has 1 aliphatic heterocycles. The summed E-state index contributed by atoms with van der Waals surface area (Å²) in [7, 11) is 0. The summed E-state index contributed by atoms with van der Waals surface area (Å²) in [5.41, 5.74) is 9.06. The molecule has 0 bridgehead atoms. The van der Waals surface area contributed by atoms with Crippen LogP contribution in [0.4, 0.5) is 11.4 Å². The van der Waals surface area contributed by atoms with Gasteiger partial charge in [0.25, 0.3) is 0 Å². The third-order valence-electron chi connectivity index (χ3n) is 3.05. The number of aryl methyl sites for hydroxylation is 1. The third-order valence-corrected chi connectivity index (χ3v) is 3.05. The Morgan fingerprint density at radius 1 is 1.44 bits per heavy atom. The molecule has 1 aromatic rings. The van der Waals surface area contributed by atoms with Crippen molar-refractivity contribution in [2.75, 3.05) is 17.7 Å². The molecule has 2 unspecified atom stereocenters. The fourth-order valence-corrected chi connectivity index (χ4v) is 2.14. The highest BCUT2D eigenvalue weighted by atomic mass is 16.5. The molecular formula is C13H20N2O. The summed E-state index contributed by atoms with van der Waals surface area (Å²) in [6, 6.07) is 6.58. The van der Waals surface area contributed by atoms with E-state index in [1.807, 2.05) is 12.1 Å². The smallest absolute Gasteiger partial charge is 0.0578 e. The number of nitrogens with one attached hydrogen (secondary N) is 1. The monoisotopic (exact) mass is 220 g/mol. The summed E-state index contributed by atoms with van der Waals surface area (Å²) < 4.78 is 5.53. The van der Waals surface area contributed by atoms with Gasteiger partial charge in [-0.05, 0) is 44.4 Å². The molecule has 0 aromatic heterocycles. The van der Waals surface area contributed by atoms with E-state index >= 15 is 0 Å². The first-order valence-corrected chi connectivity index (χ1v) is 5.89. The maximum Gasteiger partial charge on any atom is 0.0578 e. The van der Waals surface area contributed by atoms with E-state index in [1.165, 1.54) is 5.56 Å². The number of rotatable bonds is 2. The Bertz CT molecular complexity index is 365. The summed E-state index contributed by atoms with van der Waals surface area (Å²) in [4.78, 5) is 0. The van der Waals surface area contributed by atoms with Gasteiger partial charge in [-0.1, -0.05) is 6.07 Å². The zero-order valence-corrected chi connectivity index (χ0v) is 9.99. The summed E-state index contributed by atoms with van der Waals surface area (Å²) in [5, 5.41) is 3.52. The Hall–Kier alpha value is -1.22. The van der Waals surface area contributed by atoms with Gasteiger partial charge in [0, 0.05) is 12.6 Å². The molecule has 2 atom stereocenters. The van der Waals surface area contributed by atoms with Crippen molar-refractivity contribution in [3.63, 3.8) is 0 Å². The average molecular weight is 220 g/mol. The van der Waals surface area contributed by atoms with Crippen molar-refractivity contribution < 1.29 is 4.74 Å². The van der Waals surface area contributed by atoms with Crippen LogP contribution in [0, 0.1) is 6.92 Å². The molecule has 1 fully saturated rings. The normalized spacial score (nSPS) is 25.4. The first kappa shape index (κ1) is 11.3. The lowest BCUT2D eigenvalue weighted by molar-refractivity contribution is 0.0232. The highest BCUT2D eigenvalue weighted by Crippen LogP contribution is 2.24. The van der Waals surface area contributed by atoms with Crippen molar-refractivity contribution >= 4 is 11.4 Å². The first-order chi connectivity index (χ1) is 7.65. The molecule has 1 aromatic carbocycles. The van der Waals surface area contributed by atoms with Crippen LogP contribution in [0.25, 0.3) is 0 Å². The fourth-order valence-electron chi connectivity index (χ4n) is 2.14. The van der Waals surface area contributed by atoms with Gasteiger partial charge in [0.1, 0.15) is 0 Å². The molecule has 1 saturated heterocycles. The van der Waals surface area contributed by atoms with Gasteiger partial charge in [0.05, 0.1) is 17.5 Å². The van der Waals surface area contributed by atoms with Crippen LogP contribution in [0.3, 0.4) is 0 Å². The van der Waals surface area contributed by atoms with E-state index in [2.05, 4.69) is 25.2 Å². The standard InChI is InChI=1S/C13H20N2O/c1-9-3-4-12(14)13(7-9)15-11-5-6-16-10(2)8-11/h3-4,7,10-11,15H,5-6,8,14H2,1-2H3. The molecule has 16 heavy (non-hydrogen) atoms. The number of ether oxygens (including phenoxy) is 1. The minimum atomic E-state index is 0.345. The molecule has 1 heterocycles. The number of nitrogens with two attached hydrogens (primary N) is 1. The fraction of sp³-hybridized carbons (Fsp3) is 0.538. The van der Waals surface area contributed by atoms with Crippen LogP contribution < -0.4 is 11.1 Å². The lowest BCUT2D eigenvalue weighted by atomic mass is 10.0. The van der Waals surface area contributed by atoms with Crippen LogP contribution >= 0.6 is 0 Å². The van der Waals surface area contributed by atoms with E-state index < -0.39 is 0 Å². The predicted octanol–water partition coefficient (Wildman–Crippen LogP) is 2.56. The Morgan fingerprint density at radius 3 is 3.00 bits per heavy atom. The van der Waals surface area contributed by atoms with Crippen LogP contribution in [0.1, 0.15) is 25.3 Å². The summed E-state index contributed by atoms with van der Waals surface area (Å²) in [6.07, 6.45) is 2.45. The Labute approximate surface area is 97.0 Å².